The third kappa shape index (κ3) is 1.20. The van der Waals surface area contributed by atoms with Gasteiger partial charge in [-0.2, -0.15) is 5.26 Å². The van der Waals surface area contributed by atoms with Crippen LogP contribution in [0.2, 0.25) is 0 Å². The number of nitrogens with zero attached hydrogens (tertiary/aromatic N) is 2. The third-order valence-electron chi connectivity index (χ3n) is 1.69. The lowest BCUT2D eigenvalue weighted by Crippen LogP contribution is -2.51. The van der Waals surface area contributed by atoms with Crippen molar-refractivity contribution in [3.05, 3.63) is 34.4 Å². The van der Waals surface area contributed by atoms with E-state index >= 15 is 0 Å². The summed E-state index contributed by atoms with van der Waals surface area (Å²) in [5.41, 5.74) is 3.96. The Kier molecular flexibility index (Phi) is 1.93. The maximum atomic E-state index is 10.4. The van der Waals surface area contributed by atoms with Crippen molar-refractivity contribution < 1.29 is 4.92 Å². The Balaban J connectivity index is 3.02. The number of rotatable bonds is 1. The highest BCUT2D eigenvalue weighted by molar-refractivity contribution is 5.32. The summed E-state index contributed by atoms with van der Waals surface area (Å²) in [5, 5.41) is 19.0. The summed E-state index contributed by atoms with van der Waals surface area (Å²) in [6.07, 6.45) is 5.68. The second-order valence-electron chi connectivity index (χ2n) is 2.52. The molecule has 0 aromatic heterocycles. The van der Waals surface area contributed by atoms with Crippen molar-refractivity contribution >= 4 is 0 Å². The fourth-order valence-electron chi connectivity index (χ4n) is 0.990. The van der Waals surface area contributed by atoms with E-state index in [0.717, 1.165) is 0 Å². The van der Waals surface area contributed by atoms with Gasteiger partial charge in [-0.05, 0) is 12.2 Å². The Bertz CT molecular complexity index is 302. The molecule has 12 heavy (non-hydrogen) atoms. The maximum absolute atomic E-state index is 10.4. The highest BCUT2D eigenvalue weighted by Gasteiger charge is 2.41. The van der Waals surface area contributed by atoms with Crippen molar-refractivity contribution in [1.29, 1.82) is 5.26 Å². The van der Waals surface area contributed by atoms with Gasteiger partial charge in [-0.3, -0.25) is 10.1 Å². The van der Waals surface area contributed by atoms with E-state index in [1.165, 1.54) is 24.3 Å². The van der Waals surface area contributed by atoms with Gasteiger partial charge in [-0.25, -0.2) is 0 Å². The number of hydrogen-bond acceptors (Lipinski definition) is 4. The molecule has 0 saturated heterocycles. The van der Waals surface area contributed by atoms with Gasteiger partial charge in [0.1, 0.15) is 0 Å². The van der Waals surface area contributed by atoms with Crippen LogP contribution in [0.4, 0.5) is 0 Å². The molecule has 1 aliphatic rings. The lowest BCUT2D eigenvalue weighted by molar-refractivity contribution is -0.515. The van der Waals surface area contributed by atoms with Crippen molar-refractivity contribution in [2.45, 2.75) is 11.6 Å². The minimum absolute atomic E-state index is 0.566. The molecule has 2 N–H and O–H groups in total. The molecule has 62 valence electrons. The number of hydrogen-bond donors (Lipinski definition) is 1. The van der Waals surface area contributed by atoms with Crippen molar-refractivity contribution in [2.75, 3.05) is 0 Å². The summed E-state index contributed by atoms with van der Waals surface area (Å²) in [7, 11) is 0. The first-order valence-corrected chi connectivity index (χ1v) is 3.30. The molecular weight excluding hydrogens is 158 g/mol. The first kappa shape index (κ1) is 8.43. The first-order valence-electron chi connectivity index (χ1n) is 3.30. The molecule has 0 bridgehead atoms. The molecule has 2 atom stereocenters. The summed E-state index contributed by atoms with van der Waals surface area (Å²) in [6.45, 7) is 0. The summed E-state index contributed by atoms with van der Waals surface area (Å²) in [6, 6.07) is 0.564. The van der Waals surface area contributed by atoms with E-state index in [2.05, 4.69) is 0 Å². The second kappa shape index (κ2) is 2.75. The quantitative estimate of drug-likeness (QED) is 0.436. The van der Waals surface area contributed by atoms with Crippen LogP contribution in [0.3, 0.4) is 0 Å². The Morgan fingerprint density at radius 1 is 1.67 bits per heavy atom. The van der Waals surface area contributed by atoms with Gasteiger partial charge in [0.25, 0.3) is 6.04 Å². The normalized spacial score (nSPS) is 32.8. The van der Waals surface area contributed by atoms with Crippen molar-refractivity contribution in [1.82, 2.24) is 0 Å². The van der Waals surface area contributed by atoms with E-state index in [1.54, 1.807) is 6.07 Å². The molecule has 0 radical (unpaired) electrons. The zero-order valence-corrected chi connectivity index (χ0v) is 6.18. The molecule has 1 rings (SSSR count). The Labute approximate surface area is 68.9 Å². The van der Waals surface area contributed by atoms with Crippen LogP contribution in [0, 0.1) is 21.4 Å². The molecule has 2 unspecified atom stereocenters. The molecule has 0 spiro atoms. The van der Waals surface area contributed by atoms with E-state index in [9.17, 15) is 10.1 Å². The zero-order valence-electron chi connectivity index (χ0n) is 6.18. The summed E-state index contributed by atoms with van der Waals surface area (Å²) >= 11 is 0. The van der Waals surface area contributed by atoms with Gasteiger partial charge in [0.15, 0.2) is 5.54 Å². The number of nitriles is 1. The molecule has 5 heteroatoms. The SMILES string of the molecule is N#CC1(N)C=CC=CC1[N+](=O)[O-]. The summed E-state index contributed by atoms with van der Waals surface area (Å²) < 4.78 is 0. The minimum Gasteiger partial charge on any atom is -0.304 e. The number of allylic oxidation sites excluding steroid dienone is 2. The molecule has 5 nitrogen and oxygen atoms in total. The highest BCUT2D eigenvalue weighted by Crippen LogP contribution is 2.16. The first-order chi connectivity index (χ1) is 5.60. The van der Waals surface area contributed by atoms with Gasteiger partial charge in [0.2, 0.25) is 0 Å². The molecule has 0 aliphatic heterocycles. The topological polar surface area (TPSA) is 93.0 Å². The maximum Gasteiger partial charge on any atom is 0.266 e. The Morgan fingerprint density at radius 2 is 2.33 bits per heavy atom. The van der Waals surface area contributed by atoms with Gasteiger partial charge >= 0.3 is 0 Å². The second-order valence-corrected chi connectivity index (χ2v) is 2.52. The molecule has 0 saturated carbocycles. The highest BCUT2D eigenvalue weighted by atomic mass is 16.6. The van der Waals surface area contributed by atoms with Crippen molar-refractivity contribution in [3.63, 3.8) is 0 Å². The fourth-order valence-corrected chi connectivity index (χ4v) is 0.990. The standard InChI is InChI=1S/C7H7N3O2/c8-5-7(9)4-2-1-3-6(7)10(11)12/h1-4,6H,9H2. The van der Waals surface area contributed by atoms with E-state index in [1.807, 2.05) is 0 Å². The number of nitrogens with two attached hydrogens (primary N) is 1. The third-order valence-corrected chi connectivity index (χ3v) is 1.69. The molecule has 0 amide bonds. The van der Waals surface area contributed by atoms with Crippen LogP contribution >= 0.6 is 0 Å². The van der Waals surface area contributed by atoms with Crippen LogP contribution in [0.15, 0.2) is 24.3 Å². The van der Waals surface area contributed by atoms with E-state index < -0.39 is 16.5 Å². The molecule has 1 aliphatic carbocycles. The van der Waals surface area contributed by atoms with Crippen LogP contribution in [0.1, 0.15) is 0 Å². The number of nitro groups is 1. The van der Waals surface area contributed by atoms with Crippen LogP contribution in [-0.4, -0.2) is 16.5 Å². The largest absolute Gasteiger partial charge is 0.304 e. The van der Waals surface area contributed by atoms with E-state index in [4.69, 9.17) is 11.0 Å². The van der Waals surface area contributed by atoms with Gasteiger partial charge in [-0.1, -0.05) is 12.2 Å². The minimum atomic E-state index is -1.50. The monoisotopic (exact) mass is 165 g/mol. The van der Waals surface area contributed by atoms with Crippen LogP contribution in [-0.2, 0) is 0 Å². The Hall–Kier alpha value is -1.67. The van der Waals surface area contributed by atoms with Crippen molar-refractivity contribution in [2.24, 2.45) is 5.73 Å². The van der Waals surface area contributed by atoms with Gasteiger partial charge in [-0.15, -0.1) is 0 Å². The average Bonchev–Trinajstić information content (AvgIpc) is 2.05. The van der Waals surface area contributed by atoms with Crippen LogP contribution in [0.5, 0.6) is 0 Å². The van der Waals surface area contributed by atoms with Gasteiger partial charge in [0.05, 0.1) is 6.07 Å². The van der Waals surface area contributed by atoms with Crippen LogP contribution < -0.4 is 5.73 Å². The summed E-state index contributed by atoms with van der Waals surface area (Å²) in [5.74, 6) is 0. The smallest absolute Gasteiger partial charge is 0.266 e. The predicted molar refractivity (Wildman–Crippen MR) is 41.6 cm³/mol. The fraction of sp³-hybridized carbons (Fsp3) is 0.286. The van der Waals surface area contributed by atoms with Crippen molar-refractivity contribution in [3.8, 4) is 6.07 Å². The summed E-state index contributed by atoms with van der Waals surface area (Å²) in [4.78, 5) is 9.85. The molecule has 0 fully saturated rings. The Morgan fingerprint density at radius 3 is 2.75 bits per heavy atom. The van der Waals surface area contributed by atoms with Gasteiger partial charge < -0.3 is 5.73 Å². The van der Waals surface area contributed by atoms with E-state index in [0.29, 0.717) is 0 Å². The van der Waals surface area contributed by atoms with E-state index in [-0.39, 0.29) is 0 Å². The average molecular weight is 165 g/mol. The predicted octanol–water partition coefficient (Wildman–Crippen LogP) is -0.0212. The molecular formula is C7H7N3O2. The molecule has 0 heterocycles. The molecule has 0 aromatic carbocycles. The molecule has 0 aromatic rings. The zero-order chi connectivity index (χ0) is 9.19. The van der Waals surface area contributed by atoms with Crippen LogP contribution in [0.25, 0.3) is 0 Å². The lowest BCUT2D eigenvalue weighted by atomic mass is 9.89. The lowest BCUT2D eigenvalue weighted by Gasteiger charge is -2.20. The van der Waals surface area contributed by atoms with Gasteiger partial charge in [0, 0.05) is 4.92 Å².